The van der Waals surface area contributed by atoms with Crippen molar-refractivity contribution in [2.45, 2.75) is 43.9 Å². The van der Waals surface area contributed by atoms with E-state index in [2.05, 4.69) is 5.32 Å². The molecule has 3 heterocycles. The number of hydrogen-bond donors (Lipinski definition) is 2. The Morgan fingerprint density at radius 2 is 2.00 bits per heavy atom. The molecule has 1 amide bonds. The van der Waals surface area contributed by atoms with Gasteiger partial charge in [0.2, 0.25) is 18.5 Å². The molecule has 1 aromatic heterocycles. The maximum Gasteiger partial charge on any atom is 0.329 e. The number of fused-ring (bicyclic) bond motifs is 1. The van der Waals surface area contributed by atoms with Crippen LogP contribution in [0.15, 0.2) is 47.1 Å². The van der Waals surface area contributed by atoms with Gasteiger partial charge in [0.15, 0.2) is 5.76 Å². The van der Waals surface area contributed by atoms with Gasteiger partial charge in [-0.1, -0.05) is 11.6 Å². The summed E-state index contributed by atoms with van der Waals surface area (Å²) in [6.07, 6.45) is -2.68. The minimum absolute atomic E-state index is 0.107. The fourth-order valence-electron chi connectivity index (χ4n) is 3.64. The number of benzene rings is 1. The molecule has 6 atom stereocenters. The lowest BCUT2D eigenvalue weighted by Gasteiger charge is -2.48. The van der Waals surface area contributed by atoms with E-state index < -0.39 is 49.5 Å². The van der Waals surface area contributed by atoms with E-state index in [1.165, 1.54) is 13.2 Å². The van der Waals surface area contributed by atoms with Crippen LogP contribution in [0.5, 0.6) is 5.75 Å². The Labute approximate surface area is 188 Å². The van der Waals surface area contributed by atoms with Crippen LogP contribution in [-0.4, -0.2) is 60.8 Å². The summed E-state index contributed by atoms with van der Waals surface area (Å²) in [6.45, 7) is 0.833. The van der Waals surface area contributed by atoms with Gasteiger partial charge in [-0.2, -0.15) is 0 Å². The fourth-order valence-corrected chi connectivity index (χ4v) is 3.77. The third-order valence-electron chi connectivity index (χ3n) is 4.95. The minimum Gasteiger partial charge on any atom is -0.480 e. The molecule has 4 rings (SSSR count). The Balaban J connectivity index is 1.61. The van der Waals surface area contributed by atoms with Crippen LogP contribution in [0.25, 0.3) is 0 Å². The first-order chi connectivity index (χ1) is 15.4. The van der Waals surface area contributed by atoms with Crippen LogP contribution in [0.1, 0.15) is 19.0 Å². The lowest BCUT2D eigenvalue weighted by Crippen LogP contribution is -2.68. The number of carboxylic acid groups (broad SMARTS) is 1. The Hall–Kier alpha value is -2.63. The second-order valence-corrected chi connectivity index (χ2v) is 7.73. The SMILES string of the molecule is CC(=O)NC1C(Oc2ccc(Cl)cc2)OC2COC(c3ccco3)OC2C1OCC(=O)O. The molecule has 0 bridgehead atoms. The molecule has 6 unspecified atom stereocenters. The van der Waals surface area contributed by atoms with E-state index in [1.54, 1.807) is 36.4 Å². The average Bonchev–Trinajstić information content (AvgIpc) is 3.29. The van der Waals surface area contributed by atoms with Crippen molar-refractivity contribution in [3.63, 3.8) is 0 Å². The van der Waals surface area contributed by atoms with Crippen LogP contribution in [0.2, 0.25) is 5.02 Å². The molecule has 2 saturated heterocycles. The van der Waals surface area contributed by atoms with Crippen molar-refractivity contribution in [3.8, 4) is 5.75 Å². The van der Waals surface area contributed by atoms with Gasteiger partial charge in [0.05, 0.1) is 12.9 Å². The number of rotatable bonds is 7. The zero-order chi connectivity index (χ0) is 22.7. The highest BCUT2D eigenvalue weighted by Crippen LogP contribution is 2.36. The van der Waals surface area contributed by atoms with Crippen LogP contribution in [-0.2, 0) is 28.5 Å². The molecular weight excluding hydrogens is 446 g/mol. The molecule has 2 aromatic rings. The van der Waals surface area contributed by atoms with Crippen LogP contribution >= 0.6 is 11.6 Å². The molecule has 2 aliphatic heterocycles. The van der Waals surface area contributed by atoms with E-state index in [1.807, 2.05) is 0 Å². The van der Waals surface area contributed by atoms with Crippen molar-refractivity contribution in [2.24, 2.45) is 0 Å². The summed E-state index contributed by atoms with van der Waals surface area (Å²) in [6, 6.07) is 9.11. The highest BCUT2D eigenvalue weighted by atomic mass is 35.5. The summed E-state index contributed by atoms with van der Waals surface area (Å²) in [7, 11) is 0. The van der Waals surface area contributed by atoms with Gasteiger partial charge in [0.1, 0.15) is 36.7 Å². The third kappa shape index (κ3) is 5.22. The predicted molar refractivity (Wildman–Crippen MR) is 108 cm³/mol. The van der Waals surface area contributed by atoms with Crippen LogP contribution < -0.4 is 10.1 Å². The number of carbonyl (C=O) groups is 2. The van der Waals surface area contributed by atoms with E-state index in [0.29, 0.717) is 16.5 Å². The number of carbonyl (C=O) groups excluding carboxylic acids is 1. The fraction of sp³-hybridized carbons (Fsp3) is 0.429. The van der Waals surface area contributed by atoms with E-state index in [9.17, 15) is 9.59 Å². The molecule has 0 spiro atoms. The molecule has 0 saturated carbocycles. The van der Waals surface area contributed by atoms with E-state index >= 15 is 0 Å². The summed E-state index contributed by atoms with van der Waals surface area (Å²) in [5.74, 6) is -0.660. The molecule has 0 aliphatic carbocycles. The molecule has 32 heavy (non-hydrogen) atoms. The molecule has 1 aromatic carbocycles. The summed E-state index contributed by atoms with van der Waals surface area (Å²) in [5, 5.41) is 12.4. The molecule has 10 nitrogen and oxygen atoms in total. The van der Waals surface area contributed by atoms with Gasteiger partial charge in [-0.15, -0.1) is 0 Å². The zero-order valence-corrected chi connectivity index (χ0v) is 17.8. The first-order valence-electron chi connectivity index (χ1n) is 9.89. The van der Waals surface area contributed by atoms with Crippen molar-refractivity contribution in [1.82, 2.24) is 5.32 Å². The maximum absolute atomic E-state index is 12.0. The molecule has 11 heteroatoms. The third-order valence-corrected chi connectivity index (χ3v) is 5.20. The number of amides is 1. The Kier molecular flexibility index (Phi) is 6.97. The molecule has 172 valence electrons. The van der Waals surface area contributed by atoms with Crippen LogP contribution in [0.4, 0.5) is 0 Å². The summed E-state index contributed by atoms with van der Waals surface area (Å²) < 4.78 is 34.8. The molecule has 2 aliphatic rings. The van der Waals surface area contributed by atoms with Gasteiger partial charge in [-0.25, -0.2) is 4.79 Å². The smallest absolute Gasteiger partial charge is 0.329 e. The second-order valence-electron chi connectivity index (χ2n) is 7.29. The summed E-state index contributed by atoms with van der Waals surface area (Å²) >= 11 is 5.93. The van der Waals surface area contributed by atoms with Gasteiger partial charge in [0.25, 0.3) is 0 Å². The predicted octanol–water partition coefficient (Wildman–Crippen LogP) is 2.13. The Bertz CT molecular complexity index is 920. The number of nitrogens with one attached hydrogen (secondary N) is 1. The largest absolute Gasteiger partial charge is 0.480 e. The van der Waals surface area contributed by atoms with Gasteiger partial charge in [-0.05, 0) is 36.4 Å². The highest BCUT2D eigenvalue weighted by molar-refractivity contribution is 6.30. The van der Waals surface area contributed by atoms with E-state index in [0.717, 1.165) is 0 Å². The van der Waals surface area contributed by atoms with Crippen LogP contribution in [0.3, 0.4) is 0 Å². The minimum atomic E-state index is -1.17. The molecule has 0 radical (unpaired) electrons. The van der Waals surface area contributed by atoms with Crippen molar-refractivity contribution in [2.75, 3.05) is 13.2 Å². The quantitative estimate of drug-likeness (QED) is 0.629. The molecule has 2 N–H and O–H groups in total. The lowest BCUT2D eigenvalue weighted by atomic mass is 9.95. The number of halogens is 1. The van der Waals surface area contributed by atoms with Crippen molar-refractivity contribution in [1.29, 1.82) is 0 Å². The first-order valence-corrected chi connectivity index (χ1v) is 10.3. The lowest BCUT2D eigenvalue weighted by molar-refractivity contribution is -0.340. The number of carboxylic acids is 1. The summed E-state index contributed by atoms with van der Waals surface area (Å²) in [5.41, 5.74) is 0. The monoisotopic (exact) mass is 467 g/mol. The van der Waals surface area contributed by atoms with Gasteiger partial charge < -0.3 is 38.5 Å². The standard InChI is InChI=1S/C21H22ClNO9/c1-11(24)23-17-19(28-10-16(25)26)18-15(9-29-20(32-18)14-3-2-8-27-14)31-21(17)30-13-6-4-12(22)5-7-13/h2-8,15,17-21H,9-10H2,1H3,(H,23,24)(H,25,26). The maximum atomic E-state index is 12.0. The Morgan fingerprint density at radius 1 is 1.22 bits per heavy atom. The number of furan rings is 1. The molecule has 2 fully saturated rings. The van der Waals surface area contributed by atoms with Crippen LogP contribution in [0, 0.1) is 0 Å². The zero-order valence-electron chi connectivity index (χ0n) is 17.0. The summed E-state index contributed by atoms with van der Waals surface area (Å²) in [4.78, 5) is 23.2. The van der Waals surface area contributed by atoms with Crippen molar-refractivity contribution < 1.29 is 42.8 Å². The first kappa shape index (κ1) is 22.6. The number of hydrogen-bond acceptors (Lipinski definition) is 8. The van der Waals surface area contributed by atoms with Gasteiger partial charge >= 0.3 is 5.97 Å². The highest BCUT2D eigenvalue weighted by Gasteiger charge is 2.52. The molecular formula is C21H22ClNO9. The average molecular weight is 468 g/mol. The van der Waals surface area contributed by atoms with Crippen molar-refractivity contribution in [3.05, 3.63) is 53.4 Å². The Morgan fingerprint density at radius 3 is 2.66 bits per heavy atom. The topological polar surface area (TPSA) is 126 Å². The van der Waals surface area contributed by atoms with Crippen molar-refractivity contribution >= 4 is 23.5 Å². The van der Waals surface area contributed by atoms with E-state index in [4.69, 9.17) is 44.8 Å². The number of aliphatic carboxylic acids is 1. The number of ether oxygens (including phenoxy) is 5. The normalized spacial score (nSPS) is 29.7. The van der Waals surface area contributed by atoms with Gasteiger partial charge in [-0.3, -0.25) is 4.79 Å². The second kappa shape index (κ2) is 9.88. The van der Waals surface area contributed by atoms with Gasteiger partial charge in [0, 0.05) is 11.9 Å². The van der Waals surface area contributed by atoms with E-state index in [-0.39, 0.29) is 12.5 Å².